The minimum atomic E-state index is -0.629. The van der Waals surface area contributed by atoms with Gasteiger partial charge in [0.15, 0.2) is 6.61 Å². The molecular formula is C19H18BrN3O3. The van der Waals surface area contributed by atoms with Gasteiger partial charge in [0.25, 0.3) is 5.91 Å². The number of carbonyl (C=O) groups is 2. The summed E-state index contributed by atoms with van der Waals surface area (Å²) < 4.78 is 5.74. The summed E-state index contributed by atoms with van der Waals surface area (Å²) in [6, 6.07) is 12.9. The second-order valence-electron chi connectivity index (χ2n) is 5.77. The summed E-state index contributed by atoms with van der Waals surface area (Å²) in [6.07, 6.45) is 2.62. The van der Waals surface area contributed by atoms with Crippen LogP contribution in [0.1, 0.15) is 15.9 Å². The van der Waals surface area contributed by atoms with Gasteiger partial charge in [-0.15, -0.1) is 0 Å². The van der Waals surface area contributed by atoms with Crippen LogP contribution in [0, 0.1) is 0 Å². The molecule has 1 heterocycles. The average Bonchev–Trinajstić information content (AvgIpc) is 3.05. The maximum absolute atomic E-state index is 12.0. The van der Waals surface area contributed by atoms with Crippen LogP contribution in [0.4, 0.5) is 5.69 Å². The fourth-order valence-corrected chi connectivity index (χ4v) is 3.00. The number of nitrogen functional groups attached to an aromatic ring is 1. The standard InChI is InChI=1S/C19H18BrN3O3/c20-13-5-6-16(21)15(9-13)19(25)26-11-18(24)22-8-7-12-10-23-17-4-2-1-3-14(12)17/h1-6,9-10,23H,7-8,11,21H2,(H,22,24). The molecule has 0 aliphatic carbocycles. The monoisotopic (exact) mass is 415 g/mol. The molecule has 4 N–H and O–H groups in total. The summed E-state index contributed by atoms with van der Waals surface area (Å²) in [7, 11) is 0. The second-order valence-corrected chi connectivity index (χ2v) is 6.68. The normalized spacial score (nSPS) is 10.7. The third-order valence-corrected chi connectivity index (χ3v) is 4.45. The Bertz CT molecular complexity index is 952. The number of rotatable bonds is 6. The minimum Gasteiger partial charge on any atom is -0.452 e. The molecule has 1 amide bonds. The predicted octanol–water partition coefficient (Wildman–Crippen LogP) is 3.03. The number of anilines is 1. The van der Waals surface area contributed by atoms with Gasteiger partial charge in [0.05, 0.1) is 5.56 Å². The first-order valence-electron chi connectivity index (χ1n) is 8.08. The molecule has 1 aromatic heterocycles. The van der Waals surface area contributed by atoms with Crippen molar-refractivity contribution in [2.24, 2.45) is 0 Å². The van der Waals surface area contributed by atoms with Crippen molar-refractivity contribution in [3.05, 3.63) is 64.3 Å². The zero-order valence-electron chi connectivity index (χ0n) is 13.9. The van der Waals surface area contributed by atoms with Crippen LogP contribution in [0.2, 0.25) is 0 Å². The number of hydrogen-bond acceptors (Lipinski definition) is 4. The van der Waals surface area contributed by atoms with Crippen molar-refractivity contribution in [2.45, 2.75) is 6.42 Å². The average molecular weight is 416 g/mol. The van der Waals surface area contributed by atoms with Crippen LogP contribution in [0.3, 0.4) is 0 Å². The highest BCUT2D eigenvalue weighted by Gasteiger charge is 2.13. The number of carbonyl (C=O) groups excluding carboxylic acids is 2. The van der Waals surface area contributed by atoms with Crippen LogP contribution in [0.5, 0.6) is 0 Å². The number of amides is 1. The number of nitrogens with two attached hydrogens (primary N) is 1. The number of aromatic nitrogens is 1. The first-order chi connectivity index (χ1) is 12.5. The zero-order valence-corrected chi connectivity index (χ0v) is 15.5. The lowest BCUT2D eigenvalue weighted by Gasteiger charge is -2.08. The van der Waals surface area contributed by atoms with Crippen LogP contribution < -0.4 is 11.1 Å². The van der Waals surface area contributed by atoms with Gasteiger partial charge in [0.2, 0.25) is 0 Å². The molecule has 6 nitrogen and oxygen atoms in total. The van der Waals surface area contributed by atoms with Crippen LogP contribution in [-0.2, 0) is 16.0 Å². The Hall–Kier alpha value is -2.80. The molecule has 0 fully saturated rings. The molecule has 0 spiro atoms. The molecule has 0 saturated heterocycles. The molecule has 0 saturated carbocycles. The Labute approximate surface area is 158 Å². The molecule has 26 heavy (non-hydrogen) atoms. The Balaban J connectivity index is 1.47. The largest absolute Gasteiger partial charge is 0.452 e. The van der Waals surface area contributed by atoms with E-state index in [1.54, 1.807) is 18.2 Å². The number of benzene rings is 2. The van der Waals surface area contributed by atoms with E-state index < -0.39 is 5.97 Å². The number of aromatic amines is 1. The van der Waals surface area contributed by atoms with Gasteiger partial charge in [-0.3, -0.25) is 4.79 Å². The van der Waals surface area contributed by atoms with Gasteiger partial charge in [-0.1, -0.05) is 34.1 Å². The van der Waals surface area contributed by atoms with Crippen molar-refractivity contribution in [1.29, 1.82) is 0 Å². The smallest absolute Gasteiger partial charge is 0.340 e. The number of nitrogens with one attached hydrogen (secondary N) is 2. The first-order valence-corrected chi connectivity index (χ1v) is 8.88. The van der Waals surface area contributed by atoms with E-state index in [1.807, 2.05) is 30.5 Å². The van der Waals surface area contributed by atoms with Gasteiger partial charge in [-0.2, -0.15) is 0 Å². The maximum atomic E-state index is 12.0. The van der Waals surface area contributed by atoms with E-state index in [1.165, 1.54) is 0 Å². The quantitative estimate of drug-likeness (QED) is 0.425. The number of esters is 1. The Morgan fingerprint density at radius 1 is 1.19 bits per heavy atom. The van der Waals surface area contributed by atoms with Gasteiger partial charge >= 0.3 is 5.97 Å². The number of hydrogen-bond donors (Lipinski definition) is 3. The van der Waals surface area contributed by atoms with Gasteiger partial charge in [0, 0.05) is 33.8 Å². The Morgan fingerprint density at radius 2 is 2.00 bits per heavy atom. The topological polar surface area (TPSA) is 97.2 Å². The summed E-state index contributed by atoms with van der Waals surface area (Å²) in [5.41, 5.74) is 8.47. The summed E-state index contributed by atoms with van der Waals surface area (Å²) in [6.45, 7) is 0.107. The zero-order chi connectivity index (χ0) is 18.5. The lowest BCUT2D eigenvalue weighted by Crippen LogP contribution is -2.30. The van der Waals surface area contributed by atoms with Crippen LogP contribution in [0.25, 0.3) is 10.9 Å². The van der Waals surface area contributed by atoms with Gasteiger partial charge in [0.1, 0.15) is 0 Å². The molecule has 3 rings (SSSR count). The SMILES string of the molecule is Nc1ccc(Br)cc1C(=O)OCC(=O)NCCc1c[nH]c2ccccc12. The van der Waals surface area contributed by atoms with Crippen LogP contribution in [0.15, 0.2) is 53.1 Å². The highest BCUT2D eigenvalue weighted by Crippen LogP contribution is 2.19. The number of ether oxygens (including phenoxy) is 1. The number of H-pyrrole nitrogens is 1. The number of fused-ring (bicyclic) bond motifs is 1. The van der Waals surface area contributed by atoms with Crippen LogP contribution >= 0.6 is 15.9 Å². The highest BCUT2D eigenvalue weighted by atomic mass is 79.9. The molecular weight excluding hydrogens is 398 g/mol. The van der Waals surface area contributed by atoms with Crippen molar-refractivity contribution in [3.63, 3.8) is 0 Å². The predicted molar refractivity (Wildman–Crippen MR) is 104 cm³/mol. The Morgan fingerprint density at radius 3 is 2.85 bits per heavy atom. The van der Waals surface area contributed by atoms with E-state index >= 15 is 0 Å². The molecule has 3 aromatic rings. The van der Waals surface area contributed by atoms with Crippen molar-refractivity contribution < 1.29 is 14.3 Å². The Kier molecular flexibility index (Phi) is 5.58. The molecule has 0 unspecified atom stereocenters. The van der Waals surface area contributed by atoms with Gasteiger partial charge in [-0.05, 0) is 36.2 Å². The van der Waals surface area contributed by atoms with E-state index in [9.17, 15) is 9.59 Å². The molecule has 0 atom stereocenters. The van der Waals surface area contributed by atoms with Crippen LogP contribution in [-0.4, -0.2) is 30.0 Å². The molecule has 0 aliphatic rings. The third kappa shape index (κ3) is 4.23. The lowest BCUT2D eigenvalue weighted by atomic mass is 10.1. The van der Waals surface area contributed by atoms with E-state index in [-0.39, 0.29) is 18.1 Å². The highest BCUT2D eigenvalue weighted by molar-refractivity contribution is 9.10. The molecule has 0 bridgehead atoms. The minimum absolute atomic E-state index is 0.228. The first kappa shape index (κ1) is 18.0. The van der Waals surface area contributed by atoms with E-state index in [0.29, 0.717) is 23.1 Å². The third-order valence-electron chi connectivity index (χ3n) is 3.96. The van der Waals surface area contributed by atoms with E-state index in [0.717, 1.165) is 16.5 Å². The maximum Gasteiger partial charge on any atom is 0.340 e. The van der Waals surface area contributed by atoms with Crippen molar-refractivity contribution >= 4 is 44.4 Å². The van der Waals surface area contributed by atoms with E-state index in [2.05, 4.69) is 26.2 Å². The van der Waals surface area contributed by atoms with Crippen molar-refractivity contribution in [1.82, 2.24) is 10.3 Å². The van der Waals surface area contributed by atoms with Crippen molar-refractivity contribution in [2.75, 3.05) is 18.9 Å². The molecule has 2 aromatic carbocycles. The molecule has 7 heteroatoms. The molecule has 134 valence electrons. The summed E-state index contributed by atoms with van der Waals surface area (Å²) >= 11 is 3.27. The summed E-state index contributed by atoms with van der Waals surface area (Å²) in [5.74, 6) is -0.984. The molecule has 0 aliphatic heterocycles. The van der Waals surface area contributed by atoms with Gasteiger partial charge < -0.3 is 20.8 Å². The second kappa shape index (κ2) is 8.05. The fraction of sp³-hybridized carbons (Fsp3) is 0.158. The number of halogens is 1. The van der Waals surface area contributed by atoms with Crippen molar-refractivity contribution in [3.8, 4) is 0 Å². The van der Waals surface area contributed by atoms with E-state index in [4.69, 9.17) is 10.5 Å². The lowest BCUT2D eigenvalue weighted by molar-refractivity contribution is -0.124. The van der Waals surface area contributed by atoms with Gasteiger partial charge in [-0.25, -0.2) is 4.79 Å². The summed E-state index contributed by atoms with van der Waals surface area (Å²) in [4.78, 5) is 27.1. The number of para-hydroxylation sites is 1. The fourth-order valence-electron chi connectivity index (χ4n) is 2.64. The summed E-state index contributed by atoms with van der Waals surface area (Å²) in [5, 5.41) is 3.89. The molecule has 0 radical (unpaired) electrons.